The van der Waals surface area contributed by atoms with Gasteiger partial charge in [0.2, 0.25) is 5.91 Å². The van der Waals surface area contributed by atoms with Crippen molar-refractivity contribution >= 4 is 29.3 Å². The summed E-state index contributed by atoms with van der Waals surface area (Å²) in [6.07, 6.45) is 3.95. The van der Waals surface area contributed by atoms with Crippen LogP contribution in [0.3, 0.4) is 0 Å². The Balaban J connectivity index is 1.31. The molecule has 1 aromatic carbocycles. The van der Waals surface area contributed by atoms with Crippen LogP contribution in [-0.4, -0.2) is 61.8 Å². The number of piperidine rings is 1. The number of thioether (sulfide) groups is 1. The normalized spacial score (nSPS) is 19.6. The zero-order chi connectivity index (χ0) is 20.8. The molecule has 1 amide bonds. The van der Waals surface area contributed by atoms with Crippen LogP contribution in [0.1, 0.15) is 18.4 Å². The van der Waals surface area contributed by atoms with Gasteiger partial charge in [-0.3, -0.25) is 4.79 Å². The van der Waals surface area contributed by atoms with Gasteiger partial charge in [-0.15, -0.1) is 22.0 Å². The molecule has 0 spiro atoms. The lowest BCUT2D eigenvalue weighted by Gasteiger charge is -2.33. The van der Waals surface area contributed by atoms with Gasteiger partial charge in [-0.2, -0.15) is 0 Å². The Kier molecular flexibility index (Phi) is 7.07. The van der Waals surface area contributed by atoms with E-state index in [0.29, 0.717) is 13.1 Å². The standard InChI is InChI=1S/C22H29N5O2S/c1-30-19-6-4-17(5-7-19)15-23-22(28)18-3-2-10-27(16-18)21-9-8-20(24-25-21)26-11-13-29-14-12-26/h4-9,18H,2-3,10-16H2,1H3,(H,23,28)/t18-/m1/s1. The molecule has 8 heteroatoms. The van der Waals surface area contributed by atoms with E-state index in [0.717, 1.165) is 62.9 Å². The van der Waals surface area contributed by atoms with Gasteiger partial charge in [-0.25, -0.2) is 0 Å². The molecule has 1 N–H and O–H groups in total. The second-order valence-corrected chi connectivity index (χ2v) is 8.58. The predicted octanol–water partition coefficient (Wildman–Crippen LogP) is 2.57. The maximum atomic E-state index is 12.7. The van der Waals surface area contributed by atoms with E-state index >= 15 is 0 Å². The van der Waals surface area contributed by atoms with Gasteiger partial charge in [0, 0.05) is 37.6 Å². The molecule has 7 nitrogen and oxygen atoms in total. The van der Waals surface area contributed by atoms with Crippen molar-refractivity contribution in [2.24, 2.45) is 5.92 Å². The minimum atomic E-state index is -0.0232. The topological polar surface area (TPSA) is 70.6 Å². The number of amides is 1. The first-order chi connectivity index (χ1) is 14.7. The summed E-state index contributed by atoms with van der Waals surface area (Å²) in [5.74, 6) is 1.83. The molecule has 160 valence electrons. The molecule has 0 radical (unpaired) electrons. The Hall–Kier alpha value is -2.32. The summed E-state index contributed by atoms with van der Waals surface area (Å²) in [4.78, 5) is 18.3. The first kappa shape index (κ1) is 20.9. The Morgan fingerprint density at radius 1 is 1.07 bits per heavy atom. The van der Waals surface area contributed by atoms with E-state index in [9.17, 15) is 4.79 Å². The van der Waals surface area contributed by atoms with Crippen molar-refractivity contribution in [3.63, 3.8) is 0 Å². The lowest BCUT2D eigenvalue weighted by Crippen LogP contribution is -2.43. The van der Waals surface area contributed by atoms with Crippen LogP contribution < -0.4 is 15.1 Å². The number of nitrogens with zero attached hydrogens (tertiary/aromatic N) is 4. The summed E-state index contributed by atoms with van der Waals surface area (Å²) in [6, 6.07) is 12.4. The van der Waals surface area contributed by atoms with Gasteiger partial charge in [0.25, 0.3) is 0 Å². The van der Waals surface area contributed by atoms with Crippen molar-refractivity contribution in [2.75, 3.05) is 55.4 Å². The summed E-state index contributed by atoms with van der Waals surface area (Å²) in [7, 11) is 0. The average Bonchev–Trinajstić information content (AvgIpc) is 2.83. The van der Waals surface area contributed by atoms with Gasteiger partial charge in [0.1, 0.15) is 0 Å². The number of morpholine rings is 1. The first-order valence-electron chi connectivity index (χ1n) is 10.5. The zero-order valence-electron chi connectivity index (χ0n) is 17.4. The highest BCUT2D eigenvalue weighted by molar-refractivity contribution is 7.98. The fraction of sp³-hybridized carbons (Fsp3) is 0.500. The molecule has 0 saturated carbocycles. The minimum Gasteiger partial charge on any atom is -0.378 e. The lowest BCUT2D eigenvalue weighted by atomic mass is 9.97. The molecule has 2 aliphatic rings. The first-order valence-corrected chi connectivity index (χ1v) is 11.8. The Morgan fingerprint density at radius 3 is 2.43 bits per heavy atom. The highest BCUT2D eigenvalue weighted by Gasteiger charge is 2.26. The van der Waals surface area contributed by atoms with E-state index in [2.05, 4.69) is 55.8 Å². The number of hydrogen-bond donors (Lipinski definition) is 1. The highest BCUT2D eigenvalue weighted by Crippen LogP contribution is 2.23. The number of aromatic nitrogens is 2. The van der Waals surface area contributed by atoms with E-state index < -0.39 is 0 Å². The number of rotatable bonds is 6. The van der Waals surface area contributed by atoms with Crippen LogP contribution in [0.25, 0.3) is 0 Å². The monoisotopic (exact) mass is 427 g/mol. The van der Waals surface area contributed by atoms with E-state index in [1.165, 1.54) is 4.90 Å². The number of ether oxygens (including phenoxy) is 1. The van der Waals surface area contributed by atoms with E-state index in [-0.39, 0.29) is 11.8 Å². The third-order valence-electron chi connectivity index (χ3n) is 5.71. The molecule has 0 bridgehead atoms. The molecular weight excluding hydrogens is 398 g/mol. The maximum absolute atomic E-state index is 12.7. The Morgan fingerprint density at radius 2 is 1.77 bits per heavy atom. The second kappa shape index (κ2) is 10.1. The fourth-order valence-corrected chi connectivity index (χ4v) is 4.33. The van der Waals surface area contributed by atoms with Crippen LogP contribution in [0, 0.1) is 5.92 Å². The van der Waals surface area contributed by atoms with Gasteiger partial charge in [0.15, 0.2) is 11.6 Å². The molecule has 2 aliphatic heterocycles. The van der Waals surface area contributed by atoms with Gasteiger partial charge in [0.05, 0.1) is 19.1 Å². The van der Waals surface area contributed by atoms with Gasteiger partial charge < -0.3 is 19.9 Å². The van der Waals surface area contributed by atoms with Crippen molar-refractivity contribution < 1.29 is 9.53 Å². The number of carbonyl (C=O) groups excluding carboxylic acids is 1. The number of nitrogens with one attached hydrogen (secondary N) is 1. The van der Waals surface area contributed by atoms with Crippen molar-refractivity contribution in [3.8, 4) is 0 Å². The highest BCUT2D eigenvalue weighted by atomic mass is 32.2. The van der Waals surface area contributed by atoms with Crippen molar-refractivity contribution in [3.05, 3.63) is 42.0 Å². The smallest absolute Gasteiger partial charge is 0.225 e. The van der Waals surface area contributed by atoms with Crippen LogP contribution in [0.15, 0.2) is 41.3 Å². The average molecular weight is 428 g/mol. The van der Waals surface area contributed by atoms with E-state index in [1.54, 1.807) is 11.8 Å². The molecule has 0 unspecified atom stereocenters. The van der Waals surface area contributed by atoms with E-state index in [1.807, 2.05) is 12.1 Å². The number of anilines is 2. The lowest BCUT2D eigenvalue weighted by molar-refractivity contribution is -0.125. The van der Waals surface area contributed by atoms with E-state index in [4.69, 9.17) is 4.74 Å². The summed E-state index contributed by atoms with van der Waals surface area (Å²) in [5.41, 5.74) is 1.12. The summed E-state index contributed by atoms with van der Waals surface area (Å²) in [5, 5.41) is 12.0. The van der Waals surface area contributed by atoms with Crippen molar-refractivity contribution in [1.82, 2.24) is 15.5 Å². The van der Waals surface area contributed by atoms with Crippen LogP contribution in [0.2, 0.25) is 0 Å². The molecule has 0 aliphatic carbocycles. The number of hydrogen-bond acceptors (Lipinski definition) is 7. The predicted molar refractivity (Wildman–Crippen MR) is 120 cm³/mol. The van der Waals surface area contributed by atoms with Crippen LogP contribution in [0.5, 0.6) is 0 Å². The van der Waals surface area contributed by atoms with Gasteiger partial charge in [-0.1, -0.05) is 12.1 Å². The molecule has 2 fully saturated rings. The van der Waals surface area contributed by atoms with Crippen molar-refractivity contribution in [1.29, 1.82) is 0 Å². The summed E-state index contributed by atoms with van der Waals surface area (Å²) < 4.78 is 5.40. The zero-order valence-corrected chi connectivity index (χ0v) is 18.2. The van der Waals surface area contributed by atoms with Gasteiger partial charge in [-0.05, 0) is 48.9 Å². The van der Waals surface area contributed by atoms with Gasteiger partial charge >= 0.3 is 0 Å². The largest absolute Gasteiger partial charge is 0.378 e. The fourth-order valence-electron chi connectivity index (χ4n) is 3.92. The van der Waals surface area contributed by atoms with Crippen molar-refractivity contribution in [2.45, 2.75) is 24.3 Å². The third kappa shape index (κ3) is 5.23. The van der Waals surface area contributed by atoms with Crippen LogP contribution in [-0.2, 0) is 16.1 Å². The molecule has 4 rings (SSSR count). The summed E-state index contributed by atoms with van der Waals surface area (Å²) in [6.45, 7) is 5.31. The number of benzene rings is 1. The second-order valence-electron chi connectivity index (χ2n) is 7.70. The number of carbonyl (C=O) groups is 1. The molecule has 2 aromatic rings. The molecule has 1 atom stereocenters. The quantitative estimate of drug-likeness (QED) is 0.711. The minimum absolute atomic E-state index is 0.0232. The molecule has 1 aromatic heterocycles. The molecular formula is C22H29N5O2S. The Bertz CT molecular complexity index is 824. The molecule has 2 saturated heterocycles. The summed E-state index contributed by atoms with van der Waals surface area (Å²) >= 11 is 1.72. The third-order valence-corrected chi connectivity index (χ3v) is 6.46. The van der Waals surface area contributed by atoms with Crippen LogP contribution in [0.4, 0.5) is 11.6 Å². The molecule has 30 heavy (non-hydrogen) atoms. The van der Waals surface area contributed by atoms with Crippen LogP contribution >= 0.6 is 11.8 Å². The molecule has 3 heterocycles. The maximum Gasteiger partial charge on any atom is 0.225 e. The Labute approximate surface area is 182 Å². The SMILES string of the molecule is CSc1ccc(CNC(=O)[C@@H]2CCCN(c3ccc(N4CCOCC4)nn3)C2)cc1.